The summed E-state index contributed by atoms with van der Waals surface area (Å²) in [6.45, 7) is 1.67. The van der Waals surface area contributed by atoms with Gasteiger partial charge in [0.2, 0.25) is 17.7 Å². The second-order valence-electron chi connectivity index (χ2n) is 7.08. The fraction of sp³-hybridized carbons (Fsp3) is 0.500. The lowest BCUT2D eigenvalue weighted by molar-refractivity contribution is -0.140. The number of benzene rings is 1. The number of amides is 3. The molecule has 24 heavy (non-hydrogen) atoms. The first-order chi connectivity index (χ1) is 11.5. The summed E-state index contributed by atoms with van der Waals surface area (Å²) in [6.07, 6.45) is 3.24. The number of nitrogens with one attached hydrogen (secondary N) is 2. The molecule has 1 heterocycles. The second kappa shape index (κ2) is 5.61. The van der Waals surface area contributed by atoms with E-state index in [1.807, 2.05) is 12.1 Å². The van der Waals surface area contributed by atoms with Crippen LogP contribution in [0.4, 0.5) is 11.4 Å². The summed E-state index contributed by atoms with van der Waals surface area (Å²) in [5, 5.41) is 5.84. The molecule has 4 atom stereocenters. The number of hydrogen-bond acceptors (Lipinski definition) is 4. The Balaban J connectivity index is 1.40. The molecule has 2 saturated carbocycles. The van der Waals surface area contributed by atoms with Crippen molar-refractivity contribution in [2.24, 2.45) is 23.7 Å². The van der Waals surface area contributed by atoms with Gasteiger partial charge in [-0.1, -0.05) is 0 Å². The molecule has 1 aromatic rings. The minimum atomic E-state index is -0.120. The lowest BCUT2D eigenvalue weighted by atomic mass is 9.81. The van der Waals surface area contributed by atoms with Gasteiger partial charge >= 0.3 is 0 Å². The molecule has 2 bridgehead atoms. The molecule has 0 radical (unpaired) electrons. The van der Waals surface area contributed by atoms with Crippen molar-refractivity contribution in [3.05, 3.63) is 24.3 Å². The van der Waals surface area contributed by atoms with Crippen LogP contribution in [0, 0.1) is 23.7 Å². The van der Waals surface area contributed by atoms with Crippen LogP contribution < -0.4 is 10.6 Å². The van der Waals surface area contributed by atoms with Crippen molar-refractivity contribution >= 4 is 29.1 Å². The number of nitrogens with zero attached hydrogens (tertiary/aromatic N) is 1. The molecule has 126 valence electrons. The van der Waals surface area contributed by atoms with Gasteiger partial charge < -0.3 is 10.6 Å². The number of likely N-dealkylation sites (tertiary alicyclic amines) is 1. The fourth-order valence-corrected chi connectivity index (χ4v) is 4.67. The maximum Gasteiger partial charge on any atom is 0.234 e. The molecule has 3 aliphatic rings. The van der Waals surface area contributed by atoms with Crippen LogP contribution in [0.2, 0.25) is 0 Å². The van der Waals surface area contributed by atoms with E-state index in [0.717, 1.165) is 24.9 Å². The molecule has 2 N–H and O–H groups in total. The molecule has 6 nitrogen and oxygen atoms in total. The number of fused-ring (bicyclic) bond motifs is 5. The Hall–Kier alpha value is -2.37. The molecule has 0 unspecified atom stereocenters. The predicted octanol–water partition coefficient (Wildman–Crippen LogP) is 2.05. The van der Waals surface area contributed by atoms with Crippen molar-refractivity contribution in [3.63, 3.8) is 0 Å². The van der Waals surface area contributed by atoms with Gasteiger partial charge in [0.1, 0.15) is 0 Å². The van der Waals surface area contributed by atoms with E-state index in [0.29, 0.717) is 17.5 Å². The minimum absolute atomic E-state index is 0.000401. The molecular formula is C18H21N3O3. The Bertz CT molecular complexity index is 672. The van der Waals surface area contributed by atoms with Crippen LogP contribution in [0.5, 0.6) is 0 Å². The summed E-state index contributed by atoms with van der Waals surface area (Å²) in [7, 11) is 0. The lowest BCUT2D eigenvalue weighted by Crippen LogP contribution is -2.36. The molecule has 1 aliphatic heterocycles. The summed E-state index contributed by atoms with van der Waals surface area (Å²) in [5.41, 5.74) is 1.53. The minimum Gasteiger partial charge on any atom is -0.367 e. The first kappa shape index (κ1) is 15.2. The van der Waals surface area contributed by atoms with Crippen LogP contribution in [0.3, 0.4) is 0 Å². The van der Waals surface area contributed by atoms with Gasteiger partial charge in [-0.05, 0) is 55.4 Å². The summed E-state index contributed by atoms with van der Waals surface area (Å²) in [6, 6.07) is 7.21. The predicted molar refractivity (Wildman–Crippen MR) is 88.9 cm³/mol. The molecule has 0 aromatic heterocycles. The van der Waals surface area contributed by atoms with Crippen LogP contribution in [-0.4, -0.2) is 29.3 Å². The van der Waals surface area contributed by atoms with Gasteiger partial charge in [0, 0.05) is 18.3 Å². The maximum atomic E-state index is 12.6. The van der Waals surface area contributed by atoms with Gasteiger partial charge in [-0.2, -0.15) is 0 Å². The Kier molecular flexibility index (Phi) is 3.55. The standard InChI is InChI=1S/C18H21N3O3/c1-10(22)20-14-6-4-13(5-7-14)19-9-21-17(23)15-11-2-3-12(8-11)16(15)18(21)24/h4-7,11-12,15-16,19H,2-3,8-9H2,1H3,(H,20,22)/t11-,12-,15-,16+/m0/s1. The van der Waals surface area contributed by atoms with E-state index in [9.17, 15) is 14.4 Å². The van der Waals surface area contributed by atoms with E-state index in [2.05, 4.69) is 10.6 Å². The first-order valence-electron chi connectivity index (χ1n) is 8.51. The molecule has 1 saturated heterocycles. The molecule has 3 fully saturated rings. The highest BCUT2D eigenvalue weighted by Gasteiger charge is 2.60. The van der Waals surface area contributed by atoms with E-state index < -0.39 is 0 Å². The van der Waals surface area contributed by atoms with E-state index in [-0.39, 0.29) is 36.2 Å². The highest BCUT2D eigenvalue weighted by Crippen LogP contribution is 2.55. The zero-order valence-corrected chi connectivity index (χ0v) is 13.6. The van der Waals surface area contributed by atoms with Crippen molar-refractivity contribution in [3.8, 4) is 0 Å². The Morgan fingerprint density at radius 3 is 2.12 bits per heavy atom. The maximum absolute atomic E-state index is 12.6. The van der Waals surface area contributed by atoms with Crippen molar-refractivity contribution in [1.29, 1.82) is 0 Å². The van der Waals surface area contributed by atoms with Crippen LogP contribution >= 0.6 is 0 Å². The third-order valence-corrected chi connectivity index (χ3v) is 5.67. The van der Waals surface area contributed by atoms with E-state index in [1.165, 1.54) is 11.8 Å². The molecule has 1 aromatic carbocycles. The molecule has 6 heteroatoms. The topological polar surface area (TPSA) is 78.5 Å². The molecule has 0 spiro atoms. The smallest absolute Gasteiger partial charge is 0.234 e. The van der Waals surface area contributed by atoms with Gasteiger partial charge in [-0.15, -0.1) is 0 Å². The highest BCUT2D eigenvalue weighted by atomic mass is 16.2. The number of carbonyl (C=O) groups excluding carboxylic acids is 3. The summed E-state index contributed by atoms with van der Waals surface area (Å²) >= 11 is 0. The summed E-state index contributed by atoms with van der Waals surface area (Å²) < 4.78 is 0. The van der Waals surface area contributed by atoms with Crippen LogP contribution in [0.1, 0.15) is 26.2 Å². The normalized spacial score (nSPS) is 30.6. The quantitative estimate of drug-likeness (QED) is 0.830. The third kappa shape index (κ3) is 2.37. The summed E-state index contributed by atoms with van der Waals surface area (Å²) in [5.74, 6) is 0.571. The fourth-order valence-electron chi connectivity index (χ4n) is 4.67. The van der Waals surface area contributed by atoms with E-state index in [1.54, 1.807) is 12.1 Å². The summed E-state index contributed by atoms with van der Waals surface area (Å²) in [4.78, 5) is 37.6. The molecule has 2 aliphatic carbocycles. The van der Waals surface area contributed by atoms with Crippen LogP contribution in [-0.2, 0) is 14.4 Å². The number of imide groups is 1. The average Bonchev–Trinajstić information content (AvgIpc) is 3.22. The molecule has 3 amide bonds. The van der Waals surface area contributed by atoms with Gasteiger partial charge in [0.15, 0.2) is 0 Å². The van der Waals surface area contributed by atoms with Gasteiger partial charge in [-0.25, -0.2) is 0 Å². The van der Waals surface area contributed by atoms with Gasteiger partial charge in [0.25, 0.3) is 0 Å². The average molecular weight is 327 g/mol. The number of anilines is 2. The number of carbonyl (C=O) groups is 3. The van der Waals surface area contributed by atoms with Gasteiger partial charge in [0.05, 0.1) is 18.5 Å². The van der Waals surface area contributed by atoms with Crippen molar-refractivity contribution in [2.45, 2.75) is 26.2 Å². The van der Waals surface area contributed by atoms with Crippen molar-refractivity contribution in [2.75, 3.05) is 17.3 Å². The first-order valence-corrected chi connectivity index (χ1v) is 8.51. The van der Waals surface area contributed by atoms with Gasteiger partial charge in [-0.3, -0.25) is 19.3 Å². The Labute approximate surface area is 140 Å². The Morgan fingerprint density at radius 2 is 1.58 bits per heavy atom. The SMILES string of the molecule is CC(=O)Nc1ccc(NCN2C(=O)[C@@H]3[C@H]4CC[C@@H](C4)[C@@H]3C2=O)cc1. The van der Waals surface area contributed by atoms with E-state index in [4.69, 9.17) is 0 Å². The van der Waals surface area contributed by atoms with Crippen LogP contribution in [0.15, 0.2) is 24.3 Å². The largest absolute Gasteiger partial charge is 0.367 e. The zero-order chi connectivity index (χ0) is 16.8. The Morgan fingerprint density at radius 1 is 1.04 bits per heavy atom. The number of hydrogen-bond donors (Lipinski definition) is 2. The number of rotatable bonds is 4. The molecular weight excluding hydrogens is 306 g/mol. The monoisotopic (exact) mass is 327 g/mol. The third-order valence-electron chi connectivity index (χ3n) is 5.67. The van der Waals surface area contributed by atoms with Crippen molar-refractivity contribution < 1.29 is 14.4 Å². The van der Waals surface area contributed by atoms with E-state index >= 15 is 0 Å². The molecule has 4 rings (SSSR count). The second-order valence-corrected chi connectivity index (χ2v) is 7.08. The van der Waals surface area contributed by atoms with Crippen LogP contribution in [0.25, 0.3) is 0 Å². The highest BCUT2D eigenvalue weighted by molar-refractivity contribution is 6.06. The zero-order valence-electron chi connectivity index (χ0n) is 13.6. The lowest BCUT2D eigenvalue weighted by Gasteiger charge is -2.19. The van der Waals surface area contributed by atoms with Crippen molar-refractivity contribution in [1.82, 2.24) is 4.90 Å².